The van der Waals surface area contributed by atoms with Gasteiger partial charge in [0.05, 0.1) is 17.4 Å². The van der Waals surface area contributed by atoms with Crippen molar-refractivity contribution < 1.29 is 23.9 Å². The van der Waals surface area contributed by atoms with Crippen LogP contribution in [0.15, 0.2) is 89.6 Å². The molecule has 0 aliphatic carbocycles. The molecular formula is C28H24ClN3O5. The summed E-state index contributed by atoms with van der Waals surface area (Å²) >= 11 is 6.23. The van der Waals surface area contributed by atoms with Gasteiger partial charge in [-0.25, -0.2) is 9.69 Å². The molecular weight excluding hydrogens is 494 g/mol. The quantitative estimate of drug-likeness (QED) is 0.351. The molecule has 0 fully saturated rings. The van der Waals surface area contributed by atoms with E-state index in [1.807, 2.05) is 30.3 Å². The lowest BCUT2D eigenvalue weighted by atomic mass is 10.1. The number of nitrogens with zero attached hydrogens (tertiary/aromatic N) is 2. The summed E-state index contributed by atoms with van der Waals surface area (Å²) < 4.78 is 5.19. The highest BCUT2D eigenvalue weighted by atomic mass is 35.5. The highest BCUT2D eigenvalue weighted by Crippen LogP contribution is 2.31. The molecule has 37 heavy (non-hydrogen) atoms. The lowest BCUT2D eigenvalue weighted by Gasteiger charge is -2.18. The first kappa shape index (κ1) is 25.7. The third-order valence-corrected chi connectivity index (χ3v) is 5.91. The van der Waals surface area contributed by atoms with Gasteiger partial charge in [-0.2, -0.15) is 0 Å². The van der Waals surface area contributed by atoms with E-state index in [1.165, 1.54) is 23.1 Å². The van der Waals surface area contributed by atoms with E-state index >= 15 is 0 Å². The highest BCUT2D eigenvalue weighted by molar-refractivity contribution is 6.53. The fourth-order valence-corrected chi connectivity index (χ4v) is 3.92. The minimum Gasteiger partial charge on any atom is -0.459 e. The van der Waals surface area contributed by atoms with Gasteiger partial charge in [0, 0.05) is 24.0 Å². The average Bonchev–Trinajstić information content (AvgIpc) is 3.11. The molecule has 0 aromatic heterocycles. The van der Waals surface area contributed by atoms with Crippen molar-refractivity contribution in [3.63, 3.8) is 0 Å². The number of hydrogen-bond acceptors (Lipinski definition) is 6. The topological polar surface area (TPSA) is 96.0 Å². The summed E-state index contributed by atoms with van der Waals surface area (Å²) in [6.45, 7) is 3.45. The zero-order chi connectivity index (χ0) is 26.7. The Balaban J connectivity index is 1.50. The third-order valence-electron chi connectivity index (χ3n) is 5.56. The van der Waals surface area contributed by atoms with E-state index in [0.717, 1.165) is 10.6 Å². The lowest BCUT2D eigenvalue weighted by Crippen LogP contribution is -2.32. The molecule has 1 aliphatic heterocycles. The van der Waals surface area contributed by atoms with Crippen molar-refractivity contribution in [3.8, 4) is 0 Å². The first-order valence-corrected chi connectivity index (χ1v) is 11.8. The Hall–Kier alpha value is -4.43. The molecule has 3 aromatic rings. The van der Waals surface area contributed by atoms with Crippen molar-refractivity contribution in [3.05, 3.63) is 101 Å². The van der Waals surface area contributed by atoms with E-state index in [4.69, 9.17) is 16.3 Å². The van der Waals surface area contributed by atoms with Crippen LogP contribution in [0, 0.1) is 0 Å². The number of ether oxygens (including phenoxy) is 1. The first-order valence-electron chi connectivity index (χ1n) is 11.5. The largest absolute Gasteiger partial charge is 0.459 e. The van der Waals surface area contributed by atoms with Crippen molar-refractivity contribution in [2.45, 2.75) is 20.0 Å². The van der Waals surface area contributed by atoms with E-state index < -0.39 is 17.8 Å². The zero-order valence-corrected chi connectivity index (χ0v) is 21.2. The Labute approximate surface area is 219 Å². The number of imide groups is 1. The molecule has 0 spiro atoms. The summed E-state index contributed by atoms with van der Waals surface area (Å²) in [4.78, 5) is 53.5. The minimum absolute atomic E-state index is 0.109. The Morgan fingerprint density at radius 3 is 2.22 bits per heavy atom. The molecule has 0 bridgehead atoms. The number of halogens is 1. The number of rotatable bonds is 7. The molecule has 0 radical (unpaired) electrons. The van der Waals surface area contributed by atoms with Crippen molar-refractivity contribution in [1.29, 1.82) is 0 Å². The van der Waals surface area contributed by atoms with Crippen LogP contribution in [0.1, 0.15) is 34.6 Å². The lowest BCUT2D eigenvalue weighted by molar-refractivity contribution is -0.120. The van der Waals surface area contributed by atoms with Crippen LogP contribution in [0.3, 0.4) is 0 Å². The molecule has 0 atom stereocenters. The molecule has 0 saturated heterocycles. The maximum Gasteiger partial charge on any atom is 0.338 e. The van der Waals surface area contributed by atoms with Crippen LogP contribution in [0.2, 0.25) is 0 Å². The van der Waals surface area contributed by atoms with Gasteiger partial charge in [-0.05, 0) is 68.4 Å². The Morgan fingerprint density at radius 2 is 1.57 bits per heavy atom. The van der Waals surface area contributed by atoms with Gasteiger partial charge >= 0.3 is 5.97 Å². The third kappa shape index (κ3) is 5.39. The van der Waals surface area contributed by atoms with Gasteiger partial charge in [0.15, 0.2) is 0 Å². The number of benzene rings is 3. The highest BCUT2D eigenvalue weighted by Gasteiger charge is 2.39. The van der Waals surface area contributed by atoms with E-state index in [1.54, 1.807) is 51.2 Å². The Morgan fingerprint density at radius 1 is 0.892 bits per heavy atom. The number of amides is 3. The summed E-state index contributed by atoms with van der Waals surface area (Å²) in [5, 5.41) is 2.59. The molecule has 9 heteroatoms. The maximum atomic E-state index is 13.1. The fraction of sp³-hybridized carbons (Fsp3) is 0.143. The second-order valence-corrected chi connectivity index (χ2v) is 8.92. The summed E-state index contributed by atoms with van der Waals surface area (Å²) in [5.74, 6) is -2.17. The van der Waals surface area contributed by atoms with Crippen LogP contribution in [0.25, 0.3) is 0 Å². The molecule has 4 rings (SSSR count). The Kier molecular flexibility index (Phi) is 7.40. The van der Waals surface area contributed by atoms with Gasteiger partial charge in [-0.15, -0.1) is 0 Å². The van der Waals surface area contributed by atoms with Crippen LogP contribution < -0.4 is 15.1 Å². The fourth-order valence-electron chi connectivity index (χ4n) is 3.70. The molecule has 3 amide bonds. The number of nitrogens with one attached hydrogen (secondary N) is 1. The van der Waals surface area contributed by atoms with Crippen LogP contribution in [0.4, 0.5) is 17.1 Å². The number of carbonyl (C=O) groups excluding carboxylic acids is 4. The van der Waals surface area contributed by atoms with E-state index in [9.17, 15) is 19.2 Å². The second kappa shape index (κ2) is 10.7. The molecule has 3 aromatic carbocycles. The standard InChI is InChI=1S/C28H24ClN3O5/c1-17(2)37-28(36)19-8-7-11-22(16-19)32-26(34)23(29)24(27(32)35)30-20-14-12-18(13-15-20)25(33)31(3)21-9-5-4-6-10-21/h4-17,30H,1-3H3. The van der Waals surface area contributed by atoms with Gasteiger partial charge in [0.1, 0.15) is 10.7 Å². The van der Waals surface area contributed by atoms with Gasteiger partial charge < -0.3 is 15.0 Å². The Bertz CT molecular complexity index is 1400. The SMILES string of the molecule is CC(C)OC(=O)c1cccc(N2C(=O)C(Cl)=C(Nc3ccc(C(=O)N(C)c4ccccc4)cc3)C2=O)c1. The van der Waals surface area contributed by atoms with Crippen molar-refractivity contribution >= 4 is 52.4 Å². The number of para-hydroxylation sites is 1. The number of hydrogen-bond donors (Lipinski definition) is 1. The molecule has 188 valence electrons. The van der Waals surface area contributed by atoms with Gasteiger partial charge in [0.2, 0.25) is 0 Å². The predicted octanol–water partition coefficient (Wildman–Crippen LogP) is 4.96. The van der Waals surface area contributed by atoms with E-state index in [2.05, 4.69) is 5.32 Å². The molecule has 1 heterocycles. The summed E-state index contributed by atoms with van der Waals surface area (Å²) in [6, 6.07) is 21.7. The van der Waals surface area contributed by atoms with Crippen molar-refractivity contribution in [1.82, 2.24) is 0 Å². The minimum atomic E-state index is -0.722. The van der Waals surface area contributed by atoms with Crippen LogP contribution in [-0.2, 0) is 14.3 Å². The van der Waals surface area contributed by atoms with Crippen LogP contribution in [-0.4, -0.2) is 36.8 Å². The monoisotopic (exact) mass is 517 g/mol. The first-order chi connectivity index (χ1) is 17.7. The van der Waals surface area contributed by atoms with Crippen molar-refractivity contribution in [2.75, 3.05) is 22.2 Å². The van der Waals surface area contributed by atoms with Crippen LogP contribution >= 0.6 is 11.6 Å². The average molecular weight is 518 g/mol. The molecule has 0 unspecified atom stereocenters. The molecule has 1 aliphatic rings. The zero-order valence-electron chi connectivity index (χ0n) is 20.4. The smallest absolute Gasteiger partial charge is 0.338 e. The molecule has 8 nitrogen and oxygen atoms in total. The summed E-state index contributed by atoms with van der Waals surface area (Å²) in [7, 11) is 1.68. The van der Waals surface area contributed by atoms with Crippen molar-refractivity contribution in [2.24, 2.45) is 0 Å². The molecule has 0 saturated carbocycles. The number of esters is 1. The van der Waals surface area contributed by atoms with E-state index in [-0.39, 0.29) is 34.0 Å². The van der Waals surface area contributed by atoms with Gasteiger partial charge in [-0.1, -0.05) is 35.9 Å². The summed E-state index contributed by atoms with van der Waals surface area (Å²) in [6.07, 6.45) is -0.321. The van der Waals surface area contributed by atoms with Crippen LogP contribution in [0.5, 0.6) is 0 Å². The van der Waals surface area contributed by atoms with Gasteiger partial charge in [0.25, 0.3) is 17.7 Å². The maximum absolute atomic E-state index is 13.1. The predicted molar refractivity (Wildman–Crippen MR) is 142 cm³/mol. The normalized spacial score (nSPS) is 13.3. The number of carbonyl (C=O) groups is 4. The van der Waals surface area contributed by atoms with E-state index in [0.29, 0.717) is 11.3 Å². The molecule has 1 N–H and O–H groups in total. The summed E-state index contributed by atoms with van der Waals surface area (Å²) in [5.41, 5.74) is 1.94. The van der Waals surface area contributed by atoms with Gasteiger partial charge in [-0.3, -0.25) is 14.4 Å². The second-order valence-electron chi connectivity index (χ2n) is 8.54. The number of anilines is 3.